The van der Waals surface area contributed by atoms with E-state index in [1.54, 1.807) is 0 Å². The number of rotatable bonds is 39. The highest BCUT2D eigenvalue weighted by Crippen LogP contribution is 2.17. The number of unbranched alkanes of at least 4 members (excludes halogenated alkanes) is 26. The highest BCUT2D eigenvalue weighted by molar-refractivity contribution is 5.37. The molecule has 0 aromatic carbocycles. The Morgan fingerprint density at radius 1 is 0.490 bits per heavy atom. The summed E-state index contributed by atoms with van der Waals surface area (Å²) >= 11 is 0. The van der Waals surface area contributed by atoms with Crippen LogP contribution in [0.4, 0.5) is 0 Å². The molecule has 0 rings (SSSR count). The van der Waals surface area contributed by atoms with Crippen LogP contribution in [-0.2, 0) is 14.3 Å². The number of carbonyl (C=O) groups is 2. The van der Waals surface area contributed by atoms with Gasteiger partial charge in [-0.25, -0.2) is 0 Å². The molecular formula is C44H91NO6. The fraction of sp³-hybridized carbons (Fsp3) is 0.955. The van der Waals surface area contributed by atoms with Crippen molar-refractivity contribution in [2.24, 2.45) is 0 Å². The van der Waals surface area contributed by atoms with Crippen molar-refractivity contribution in [3.63, 3.8) is 0 Å². The Bertz CT molecular complexity index is 606. The summed E-state index contributed by atoms with van der Waals surface area (Å²) in [6, 6.07) is 0. The van der Waals surface area contributed by atoms with Gasteiger partial charge in [-0.3, -0.25) is 9.59 Å². The summed E-state index contributed by atoms with van der Waals surface area (Å²) in [5.41, 5.74) is 0. The van der Waals surface area contributed by atoms with Crippen LogP contribution < -0.4 is 0 Å². The number of ether oxygens (including phenoxy) is 1. The van der Waals surface area contributed by atoms with Gasteiger partial charge in [0, 0.05) is 6.54 Å². The second-order valence-electron chi connectivity index (χ2n) is 14.9. The van der Waals surface area contributed by atoms with Gasteiger partial charge in [-0.1, -0.05) is 195 Å². The van der Waals surface area contributed by atoms with E-state index in [1.165, 1.54) is 193 Å². The first kappa shape index (κ1) is 54.2. The van der Waals surface area contributed by atoms with E-state index in [4.69, 9.17) is 19.7 Å². The third-order valence-corrected chi connectivity index (χ3v) is 9.84. The summed E-state index contributed by atoms with van der Waals surface area (Å²) in [5.74, 6) is 0. The van der Waals surface area contributed by atoms with Crippen LogP contribution in [-0.4, -0.2) is 71.6 Å². The Balaban J connectivity index is -0.000000878. The Hall–Kier alpha value is -1.18. The van der Waals surface area contributed by atoms with Crippen molar-refractivity contribution >= 4 is 12.9 Å². The Morgan fingerprint density at radius 2 is 0.765 bits per heavy atom. The molecule has 0 aromatic heterocycles. The van der Waals surface area contributed by atoms with Crippen molar-refractivity contribution in [1.29, 1.82) is 0 Å². The number of hydrogen-bond donors (Lipinski definition) is 3. The normalized spacial score (nSPS) is 11.5. The molecule has 7 heteroatoms. The lowest BCUT2D eigenvalue weighted by atomic mass is 10.0. The predicted octanol–water partition coefficient (Wildman–Crippen LogP) is 12.4. The van der Waals surface area contributed by atoms with Crippen molar-refractivity contribution in [2.45, 2.75) is 245 Å². The average Bonchev–Trinajstić information content (AvgIpc) is 3.13. The first-order valence-corrected chi connectivity index (χ1v) is 22.2. The topological polar surface area (TPSA) is 107 Å². The zero-order valence-electron chi connectivity index (χ0n) is 34.8. The van der Waals surface area contributed by atoms with Crippen molar-refractivity contribution in [3.8, 4) is 0 Å². The molecule has 1 atom stereocenters. The number of carboxylic acid groups (broad SMARTS) is 1. The van der Waals surface area contributed by atoms with E-state index in [2.05, 4.69) is 32.6 Å². The third kappa shape index (κ3) is 51.0. The van der Waals surface area contributed by atoms with Crippen molar-refractivity contribution < 1.29 is 29.6 Å². The zero-order chi connectivity index (χ0) is 38.3. The maximum absolute atomic E-state index is 10.5. The first-order chi connectivity index (χ1) is 25.0. The lowest BCUT2D eigenvalue weighted by Crippen LogP contribution is -2.35. The van der Waals surface area contributed by atoms with Gasteiger partial charge in [0.15, 0.2) is 0 Å². The van der Waals surface area contributed by atoms with E-state index in [-0.39, 0.29) is 19.2 Å². The van der Waals surface area contributed by atoms with Crippen LogP contribution in [0, 0.1) is 0 Å². The molecule has 0 saturated heterocycles. The zero-order valence-corrected chi connectivity index (χ0v) is 34.8. The predicted molar refractivity (Wildman–Crippen MR) is 220 cm³/mol. The van der Waals surface area contributed by atoms with Crippen molar-refractivity contribution in [3.05, 3.63) is 0 Å². The molecule has 7 nitrogen and oxygen atoms in total. The van der Waals surface area contributed by atoms with Gasteiger partial charge < -0.3 is 25.0 Å². The summed E-state index contributed by atoms with van der Waals surface area (Å²) in [4.78, 5) is 21.3. The van der Waals surface area contributed by atoms with Gasteiger partial charge in [-0.05, 0) is 51.6 Å². The summed E-state index contributed by atoms with van der Waals surface area (Å²) in [7, 11) is 0. The van der Waals surface area contributed by atoms with Gasteiger partial charge in [-0.15, -0.1) is 0 Å². The average molecular weight is 730 g/mol. The van der Waals surface area contributed by atoms with Crippen LogP contribution in [0.2, 0.25) is 0 Å². The molecule has 0 amide bonds. The largest absolute Gasteiger partial charge is 0.483 e. The van der Waals surface area contributed by atoms with E-state index < -0.39 is 6.10 Å². The van der Waals surface area contributed by atoms with Crippen molar-refractivity contribution in [2.75, 3.05) is 26.2 Å². The Labute approximate surface area is 318 Å². The number of aliphatic hydroxyl groups excluding tert-OH is 2. The lowest BCUT2D eigenvalue weighted by Gasteiger charge is -2.24. The molecule has 1 unspecified atom stereocenters. The molecule has 308 valence electrons. The monoisotopic (exact) mass is 730 g/mol. The highest BCUT2D eigenvalue weighted by Gasteiger charge is 2.11. The molecule has 0 aromatic rings. The van der Waals surface area contributed by atoms with Crippen molar-refractivity contribution in [1.82, 2.24) is 4.90 Å². The molecule has 0 aliphatic carbocycles. The standard InChI is InChI=1S/C25H53NO2.C18H36O2.CH2O2/c1-3-5-7-9-11-12-13-14-15-16-18-20-22-26(23-25(28)24-27)21-19-17-10-8-6-4-2;1-3-5-7-9-11-13-15-18(20-17-19)16-14-12-10-8-6-4-2;2-1-3/h25,27-28H,3-24H2,1-2H3;17-18H,3-16H2,1-2H3;1H,(H,2,3). The molecule has 0 heterocycles. The molecule has 0 aliphatic rings. The number of aliphatic hydroxyl groups is 2. The van der Waals surface area contributed by atoms with Crippen LogP contribution in [0.1, 0.15) is 233 Å². The maximum atomic E-state index is 10.5. The van der Waals surface area contributed by atoms with E-state index in [0.717, 1.165) is 25.9 Å². The van der Waals surface area contributed by atoms with Crippen LogP contribution in [0.15, 0.2) is 0 Å². The second-order valence-corrected chi connectivity index (χ2v) is 14.9. The molecule has 0 aliphatic heterocycles. The number of carbonyl (C=O) groups excluding carboxylic acids is 1. The molecule has 0 saturated carbocycles. The van der Waals surface area contributed by atoms with Crippen LogP contribution in [0.25, 0.3) is 0 Å². The van der Waals surface area contributed by atoms with Crippen LogP contribution in [0.3, 0.4) is 0 Å². The lowest BCUT2D eigenvalue weighted by molar-refractivity contribution is -0.134. The third-order valence-electron chi connectivity index (χ3n) is 9.84. The summed E-state index contributed by atoms with van der Waals surface area (Å²) in [6.45, 7) is 12.1. The molecule has 0 fully saturated rings. The van der Waals surface area contributed by atoms with E-state index >= 15 is 0 Å². The van der Waals surface area contributed by atoms with Gasteiger partial charge >= 0.3 is 0 Å². The fourth-order valence-corrected chi connectivity index (χ4v) is 6.61. The van der Waals surface area contributed by atoms with Gasteiger partial charge in [0.05, 0.1) is 12.7 Å². The summed E-state index contributed by atoms with van der Waals surface area (Å²) in [5, 5.41) is 25.8. The first-order valence-electron chi connectivity index (χ1n) is 22.2. The van der Waals surface area contributed by atoms with Gasteiger partial charge in [0.1, 0.15) is 6.10 Å². The summed E-state index contributed by atoms with van der Waals surface area (Å²) < 4.78 is 5.22. The van der Waals surface area contributed by atoms with E-state index in [1.807, 2.05) is 0 Å². The van der Waals surface area contributed by atoms with Gasteiger partial charge in [-0.2, -0.15) is 0 Å². The quantitative estimate of drug-likeness (QED) is 0.0427. The Morgan fingerprint density at radius 3 is 1.04 bits per heavy atom. The number of hydrogen-bond acceptors (Lipinski definition) is 6. The minimum atomic E-state index is -0.586. The maximum Gasteiger partial charge on any atom is 0.293 e. The Kier molecular flexibility index (Phi) is 54.1. The molecule has 0 spiro atoms. The smallest absolute Gasteiger partial charge is 0.293 e. The minimum Gasteiger partial charge on any atom is -0.483 e. The molecule has 0 bridgehead atoms. The summed E-state index contributed by atoms with van der Waals surface area (Å²) in [6.07, 6.45) is 41.8. The fourth-order valence-electron chi connectivity index (χ4n) is 6.61. The molecular weight excluding hydrogens is 638 g/mol. The SMILES string of the molecule is CCCCCCCCC(CCCCCCCC)OC=O.CCCCCCCCCCCCCCN(CCCCCCCC)CC(O)CO.O=CO. The van der Waals surface area contributed by atoms with Gasteiger partial charge in [0.25, 0.3) is 12.9 Å². The molecule has 51 heavy (non-hydrogen) atoms. The van der Waals surface area contributed by atoms with E-state index in [0.29, 0.717) is 13.0 Å². The second kappa shape index (κ2) is 50.9. The highest BCUT2D eigenvalue weighted by atomic mass is 16.5. The van der Waals surface area contributed by atoms with Crippen LogP contribution in [0.5, 0.6) is 0 Å². The van der Waals surface area contributed by atoms with E-state index in [9.17, 15) is 9.90 Å². The van der Waals surface area contributed by atoms with Gasteiger partial charge in [0.2, 0.25) is 0 Å². The molecule has 0 radical (unpaired) electrons. The minimum absolute atomic E-state index is 0.120. The molecule has 3 N–H and O–H groups in total. The van der Waals surface area contributed by atoms with Crippen LogP contribution >= 0.6 is 0 Å². The number of nitrogens with zero attached hydrogens (tertiary/aromatic N) is 1.